The van der Waals surface area contributed by atoms with Crippen molar-refractivity contribution in [2.45, 2.75) is 27.7 Å². The number of nitrogens with one attached hydrogen (secondary N) is 1. The predicted octanol–water partition coefficient (Wildman–Crippen LogP) is 3.12. The number of pyridine rings is 1. The quantitative estimate of drug-likeness (QED) is 0.897. The standard InChI is InChI=1S/C14H20N4/c1-10(2)14(3,4)9-17-12-6-5-11-13(18-12)16-8-7-15-11/h5-8,10H,9H2,1-4H3,(H,16,17,18). The number of hydrogen-bond donors (Lipinski definition) is 1. The van der Waals surface area contributed by atoms with Crippen LogP contribution in [0.4, 0.5) is 5.82 Å². The summed E-state index contributed by atoms with van der Waals surface area (Å²) in [6, 6.07) is 3.90. The fourth-order valence-corrected chi connectivity index (χ4v) is 1.48. The molecule has 0 unspecified atom stereocenters. The second kappa shape index (κ2) is 4.88. The molecule has 2 rings (SSSR count). The minimum absolute atomic E-state index is 0.235. The van der Waals surface area contributed by atoms with Gasteiger partial charge in [-0.15, -0.1) is 0 Å². The Morgan fingerprint density at radius 2 is 1.89 bits per heavy atom. The van der Waals surface area contributed by atoms with E-state index in [-0.39, 0.29) is 5.41 Å². The highest BCUT2D eigenvalue weighted by molar-refractivity contribution is 5.71. The van der Waals surface area contributed by atoms with Gasteiger partial charge in [-0.2, -0.15) is 0 Å². The molecule has 0 amide bonds. The fraction of sp³-hybridized carbons (Fsp3) is 0.500. The zero-order valence-corrected chi connectivity index (χ0v) is 11.4. The van der Waals surface area contributed by atoms with Gasteiger partial charge in [0.05, 0.1) is 0 Å². The predicted molar refractivity (Wildman–Crippen MR) is 74.4 cm³/mol. The highest BCUT2D eigenvalue weighted by Gasteiger charge is 2.21. The molecule has 2 heterocycles. The van der Waals surface area contributed by atoms with E-state index < -0.39 is 0 Å². The molecule has 0 bridgehead atoms. The number of anilines is 1. The van der Waals surface area contributed by atoms with E-state index in [0.29, 0.717) is 11.6 Å². The Hall–Kier alpha value is -1.71. The van der Waals surface area contributed by atoms with Crippen molar-refractivity contribution in [2.24, 2.45) is 11.3 Å². The largest absolute Gasteiger partial charge is 0.369 e. The molecular weight excluding hydrogens is 224 g/mol. The SMILES string of the molecule is CC(C)C(C)(C)CNc1ccc2nccnc2n1. The van der Waals surface area contributed by atoms with Gasteiger partial charge in [0.2, 0.25) is 0 Å². The second-order valence-electron chi connectivity index (χ2n) is 5.59. The van der Waals surface area contributed by atoms with E-state index in [1.54, 1.807) is 12.4 Å². The van der Waals surface area contributed by atoms with E-state index in [0.717, 1.165) is 17.9 Å². The van der Waals surface area contributed by atoms with Gasteiger partial charge < -0.3 is 5.32 Å². The third-order valence-corrected chi connectivity index (χ3v) is 3.62. The average Bonchev–Trinajstić information content (AvgIpc) is 2.36. The maximum atomic E-state index is 4.45. The molecule has 0 saturated carbocycles. The fourth-order valence-electron chi connectivity index (χ4n) is 1.48. The van der Waals surface area contributed by atoms with Crippen LogP contribution in [0.3, 0.4) is 0 Å². The Bertz CT molecular complexity index is 534. The van der Waals surface area contributed by atoms with Crippen LogP contribution in [0.1, 0.15) is 27.7 Å². The van der Waals surface area contributed by atoms with Crippen LogP contribution in [-0.2, 0) is 0 Å². The van der Waals surface area contributed by atoms with Crippen LogP contribution in [0.5, 0.6) is 0 Å². The molecule has 0 saturated heterocycles. The van der Waals surface area contributed by atoms with Crippen LogP contribution in [0.25, 0.3) is 11.2 Å². The van der Waals surface area contributed by atoms with Gasteiger partial charge in [0.1, 0.15) is 11.3 Å². The lowest BCUT2D eigenvalue weighted by atomic mass is 9.81. The summed E-state index contributed by atoms with van der Waals surface area (Å²) >= 11 is 0. The van der Waals surface area contributed by atoms with Crippen LogP contribution in [0.2, 0.25) is 0 Å². The molecule has 0 atom stereocenters. The summed E-state index contributed by atoms with van der Waals surface area (Å²) in [7, 11) is 0. The van der Waals surface area contributed by atoms with Crippen molar-refractivity contribution in [3.05, 3.63) is 24.5 Å². The molecule has 0 spiro atoms. The normalized spacial score (nSPS) is 12.1. The minimum Gasteiger partial charge on any atom is -0.369 e. The van der Waals surface area contributed by atoms with Crippen LogP contribution in [0, 0.1) is 11.3 Å². The highest BCUT2D eigenvalue weighted by Crippen LogP contribution is 2.26. The number of aromatic nitrogens is 3. The second-order valence-corrected chi connectivity index (χ2v) is 5.59. The maximum absolute atomic E-state index is 4.45. The van der Waals surface area contributed by atoms with Gasteiger partial charge >= 0.3 is 0 Å². The molecule has 4 heteroatoms. The van der Waals surface area contributed by atoms with E-state index >= 15 is 0 Å². The smallest absolute Gasteiger partial charge is 0.180 e. The van der Waals surface area contributed by atoms with E-state index in [9.17, 15) is 0 Å². The van der Waals surface area contributed by atoms with Gasteiger partial charge in [-0.3, -0.25) is 4.98 Å². The topological polar surface area (TPSA) is 50.7 Å². The molecule has 0 aliphatic rings. The van der Waals surface area contributed by atoms with E-state index in [2.05, 4.69) is 48.0 Å². The van der Waals surface area contributed by atoms with Gasteiger partial charge in [-0.1, -0.05) is 27.7 Å². The molecule has 0 radical (unpaired) electrons. The van der Waals surface area contributed by atoms with Gasteiger partial charge in [-0.25, -0.2) is 9.97 Å². The lowest BCUT2D eigenvalue weighted by molar-refractivity contribution is 0.269. The molecule has 2 aromatic rings. The van der Waals surface area contributed by atoms with E-state index in [4.69, 9.17) is 0 Å². The van der Waals surface area contributed by atoms with Gasteiger partial charge in [0.15, 0.2) is 5.65 Å². The molecule has 0 fully saturated rings. The molecular formula is C14H20N4. The number of hydrogen-bond acceptors (Lipinski definition) is 4. The van der Waals surface area contributed by atoms with Crippen molar-refractivity contribution < 1.29 is 0 Å². The Morgan fingerprint density at radius 1 is 1.17 bits per heavy atom. The van der Waals surface area contributed by atoms with Gasteiger partial charge in [-0.05, 0) is 23.5 Å². The number of fused-ring (bicyclic) bond motifs is 1. The first-order valence-corrected chi connectivity index (χ1v) is 6.31. The summed E-state index contributed by atoms with van der Waals surface area (Å²) in [6.45, 7) is 9.88. The first-order chi connectivity index (χ1) is 8.49. The third kappa shape index (κ3) is 2.75. The third-order valence-electron chi connectivity index (χ3n) is 3.62. The number of rotatable bonds is 4. The van der Waals surface area contributed by atoms with Crippen molar-refractivity contribution in [1.29, 1.82) is 0 Å². The van der Waals surface area contributed by atoms with Gasteiger partial charge in [0, 0.05) is 18.9 Å². The first kappa shape index (κ1) is 12.7. The summed E-state index contributed by atoms with van der Waals surface area (Å²) in [4.78, 5) is 12.9. The molecule has 4 nitrogen and oxygen atoms in total. The Morgan fingerprint density at radius 3 is 2.61 bits per heavy atom. The average molecular weight is 244 g/mol. The van der Waals surface area contributed by atoms with Crippen molar-refractivity contribution >= 4 is 17.0 Å². The van der Waals surface area contributed by atoms with E-state index in [1.165, 1.54) is 0 Å². The molecule has 0 aromatic carbocycles. The Balaban J connectivity index is 2.13. The summed E-state index contributed by atoms with van der Waals surface area (Å²) in [5, 5.41) is 3.38. The summed E-state index contributed by atoms with van der Waals surface area (Å²) < 4.78 is 0. The highest BCUT2D eigenvalue weighted by atomic mass is 15.0. The van der Waals surface area contributed by atoms with Crippen LogP contribution < -0.4 is 5.32 Å². The lowest BCUT2D eigenvalue weighted by Crippen LogP contribution is -2.28. The molecule has 0 aliphatic heterocycles. The summed E-state index contributed by atoms with van der Waals surface area (Å²) in [5.41, 5.74) is 1.75. The van der Waals surface area contributed by atoms with Crippen LogP contribution >= 0.6 is 0 Å². The summed E-state index contributed by atoms with van der Waals surface area (Å²) in [5.74, 6) is 1.47. The minimum atomic E-state index is 0.235. The van der Waals surface area contributed by atoms with Crippen molar-refractivity contribution in [2.75, 3.05) is 11.9 Å². The molecule has 18 heavy (non-hydrogen) atoms. The zero-order chi connectivity index (χ0) is 13.2. The number of nitrogens with zero attached hydrogens (tertiary/aromatic N) is 3. The monoisotopic (exact) mass is 244 g/mol. The van der Waals surface area contributed by atoms with Crippen molar-refractivity contribution in [3.63, 3.8) is 0 Å². The Labute approximate surface area is 108 Å². The van der Waals surface area contributed by atoms with Crippen LogP contribution in [-0.4, -0.2) is 21.5 Å². The maximum Gasteiger partial charge on any atom is 0.180 e. The molecule has 96 valence electrons. The first-order valence-electron chi connectivity index (χ1n) is 6.31. The molecule has 0 aliphatic carbocycles. The molecule has 1 N–H and O–H groups in total. The zero-order valence-electron chi connectivity index (χ0n) is 11.4. The van der Waals surface area contributed by atoms with E-state index in [1.807, 2.05) is 12.1 Å². The van der Waals surface area contributed by atoms with Crippen molar-refractivity contribution in [1.82, 2.24) is 15.0 Å². The summed E-state index contributed by atoms with van der Waals surface area (Å²) in [6.07, 6.45) is 3.34. The van der Waals surface area contributed by atoms with Crippen LogP contribution in [0.15, 0.2) is 24.5 Å². The Kier molecular flexibility index (Phi) is 3.45. The van der Waals surface area contributed by atoms with Gasteiger partial charge in [0.25, 0.3) is 0 Å². The lowest BCUT2D eigenvalue weighted by Gasteiger charge is -2.29. The van der Waals surface area contributed by atoms with Crippen molar-refractivity contribution in [3.8, 4) is 0 Å². The molecule has 2 aromatic heterocycles.